The minimum Gasteiger partial charge on any atom is -0.370 e. The zero-order valence-electron chi connectivity index (χ0n) is 30.3. The van der Waals surface area contributed by atoms with Crippen LogP contribution in [0.3, 0.4) is 0 Å². The van der Waals surface area contributed by atoms with Crippen LogP contribution in [0.15, 0.2) is 4.99 Å². The molecule has 52 heavy (non-hydrogen) atoms. The summed E-state index contributed by atoms with van der Waals surface area (Å²) in [5.41, 5.74) is 27.5. The average Bonchev–Trinajstić information content (AvgIpc) is 3.09. The summed E-state index contributed by atoms with van der Waals surface area (Å²) >= 11 is 0. The third kappa shape index (κ3) is 20.7. The second kappa shape index (κ2) is 26.9. The zero-order valence-corrected chi connectivity index (χ0v) is 30.3. The largest absolute Gasteiger partial charge is 0.370 e. The van der Waals surface area contributed by atoms with Gasteiger partial charge in [-0.3, -0.25) is 38.6 Å². The number of hydrogen-bond acceptors (Lipinski definition) is 12. The van der Waals surface area contributed by atoms with Crippen LogP contribution in [0.5, 0.6) is 0 Å². The molecule has 0 aliphatic rings. The van der Waals surface area contributed by atoms with Crippen LogP contribution < -0.4 is 65.9 Å². The van der Waals surface area contributed by atoms with Gasteiger partial charge >= 0.3 is 0 Å². The summed E-state index contributed by atoms with van der Waals surface area (Å²) in [4.78, 5) is 103. The molecule has 0 aromatic carbocycles. The van der Waals surface area contributed by atoms with E-state index in [9.17, 15) is 38.4 Å². The van der Waals surface area contributed by atoms with E-state index < -0.39 is 84.1 Å². The maximum Gasteiger partial charge on any atom is 0.243 e. The lowest BCUT2D eigenvalue weighted by Crippen LogP contribution is -2.57. The van der Waals surface area contributed by atoms with E-state index in [4.69, 9.17) is 28.7 Å². The van der Waals surface area contributed by atoms with E-state index in [2.05, 4.69) is 42.2 Å². The van der Waals surface area contributed by atoms with Gasteiger partial charge in [-0.2, -0.15) is 0 Å². The van der Waals surface area contributed by atoms with E-state index >= 15 is 0 Å². The Kier molecular flexibility index (Phi) is 24.3. The number of carbonyl (C=O) groups is 8. The van der Waals surface area contributed by atoms with Crippen LogP contribution in [-0.2, 0) is 38.4 Å². The van der Waals surface area contributed by atoms with Gasteiger partial charge in [-0.15, -0.1) is 0 Å². The molecule has 0 saturated heterocycles. The van der Waals surface area contributed by atoms with Gasteiger partial charge in [-0.25, -0.2) is 0 Å². The molecule has 0 heterocycles. The van der Waals surface area contributed by atoms with E-state index in [1.165, 1.54) is 20.8 Å². The molecule has 0 saturated carbocycles. The molecule has 296 valence electrons. The summed E-state index contributed by atoms with van der Waals surface area (Å²) in [6, 6.07) is -6.24. The molecule has 0 rings (SSSR count). The number of aldehydes is 1. The van der Waals surface area contributed by atoms with Crippen molar-refractivity contribution < 1.29 is 38.4 Å². The second-order valence-corrected chi connectivity index (χ2v) is 12.1. The number of unbranched alkanes of at least 4 members (excludes halogenated alkanes) is 2. The monoisotopic (exact) mass is 741 g/mol. The molecule has 0 aliphatic carbocycles. The van der Waals surface area contributed by atoms with Crippen molar-refractivity contribution in [1.82, 2.24) is 37.2 Å². The minimum atomic E-state index is -1.15. The van der Waals surface area contributed by atoms with Gasteiger partial charge in [0.1, 0.15) is 36.5 Å². The van der Waals surface area contributed by atoms with Gasteiger partial charge in [-0.05, 0) is 78.8 Å². The van der Waals surface area contributed by atoms with Gasteiger partial charge < -0.3 is 70.7 Å². The van der Waals surface area contributed by atoms with Crippen molar-refractivity contribution in [3.8, 4) is 0 Å². The van der Waals surface area contributed by atoms with Crippen molar-refractivity contribution in [3.05, 3.63) is 0 Å². The van der Waals surface area contributed by atoms with Gasteiger partial charge in [0.25, 0.3) is 0 Å². The van der Waals surface area contributed by atoms with Gasteiger partial charge in [0, 0.05) is 6.54 Å². The lowest BCUT2D eigenvalue weighted by Gasteiger charge is -2.24. The molecule has 21 nitrogen and oxygen atoms in total. The third-order valence-electron chi connectivity index (χ3n) is 7.52. The van der Waals surface area contributed by atoms with E-state index in [-0.39, 0.29) is 31.9 Å². The van der Waals surface area contributed by atoms with Gasteiger partial charge in [0.2, 0.25) is 41.4 Å². The highest BCUT2D eigenvalue weighted by Gasteiger charge is 2.28. The number of amides is 7. The molecule has 0 radical (unpaired) electrons. The predicted octanol–water partition coefficient (Wildman–Crippen LogP) is -5.46. The molecular formula is C31H59N13O8. The third-order valence-corrected chi connectivity index (χ3v) is 7.52. The number of guanidine groups is 1. The lowest BCUT2D eigenvalue weighted by molar-refractivity contribution is -0.134. The number of carbonyl (C=O) groups excluding carboxylic acids is 8. The Hall–Kier alpha value is -4.89. The Morgan fingerprint density at radius 2 is 1.10 bits per heavy atom. The van der Waals surface area contributed by atoms with E-state index in [1.54, 1.807) is 0 Å². The fourth-order valence-corrected chi connectivity index (χ4v) is 4.47. The first kappa shape index (κ1) is 47.1. The van der Waals surface area contributed by atoms with Gasteiger partial charge in [0.05, 0.1) is 19.1 Å². The summed E-state index contributed by atoms with van der Waals surface area (Å²) in [7, 11) is 0. The normalized spacial score (nSPS) is 14.1. The van der Waals surface area contributed by atoms with Crippen molar-refractivity contribution in [3.63, 3.8) is 0 Å². The molecule has 0 bridgehead atoms. The van der Waals surface area contributed by atoms with Crippen molar-refractivity contribution in [2.75, 3.05) is 32.7 Å². The highest BCUT2D eigenvalue weighted by Crippen LogP contribution is 2.04. The van der Waals surface area contributed by atoms with Crippen molar-refractivity contribution >= 4 is 53.6 Å². The number of nitrogens with zero attached hydrogens (tertiary/aromatic N) is 1. The number of nitrogens with two attached hydrogens (primary N) is 5. The van der Waals surface area contributed by atoms with E-state index in [0.717, 1.165) is 0 Å². The zero-order chi connectivity index (χ0) is 39.6. The summed E-state index contributed by atoms with van der Waals surface area (Å²) in [5.74, 6) is -4.78. The summed E-state index contributed by atoms with van der Waals surface area (Å²) < 4.78 is 0. The number of hydrogen-bond donors (Lipinski definition) is 12. The second-order valence-electron chi connectivity index (χ2n) is 12.1. The van der Waals surface area contributed by atoms with Crippen molar-refractivity contribution in [1.29, 1.82) is 0 Å². The molecule has 17 N–H and O–H groups in total. The quantitative estimate of drug-likeness (QED) is 0.0162. The predicted molar refractivity (Wildman–Crippen MR) is 192 cm³/mol. The highest BCUT2D eigenvalue weighted by atomic mass is 16.2. The van der Waals surface area contributed by atoms with Crippen molar-refractivity contribution in [2.45, 2.75) is 108 Å². The molecule has 21 heteroatoms. The SMILES string of the molecule is C[C@H](NC(=O)[C@H](C)NC(=O)[C@H](CCCCN)NC(=O)[C@H](C)NC(=O)[C@@H](N)CCCCN)C(=O)NCC(=O)N[C@@H](CCCN=C(N)N)C(=O)NCC=O. The first-order chi connectivity index (χ1) is 24.6. The highest BCUT2D eigenvalue weighted by molar-refractivity contribution is 5.96. The summed E-state index contributed by atoms with van der Waals surface area (Å²) in [6.45, 7) is 4.39. The van der Waals surface area contributed by atoms with E-state index in [0.29, 0.717) is 57.9 Å². The number of nitrogens with one attached hydrogen (secondary N) is 7. The van der Waals surface area contributed by atoms with E-state index in [1.807, 2.05) is 0 Å². The molecule has 0 spiro atoms. The maximum atomic E-state index is 13.2. The number of rotatable bonds is 27. The molecule has 0 aromatic heterocycles. The molecule has 0 aromatic rings. The van der Waals surface area contributed by atoms with Crippen LogP contribution in [-0.4, -0.2) is 123 Å². The Balaban J connectivity index is 5.15. The smallest absolute Gasteiger partial charge is 0.243 e. The van der Waals surface area contributed by atoms with Crippen LogP contribution in [0.2, 0.25) is 0 Å². The number of aliphatic imine (C=N–C) groups is 1. The Labute approximate surface area is 303 Å². The standard InChI is InChI=1S/C31H59N13O8/c1-18(25(47)39-17-24(46)43-22(29(51)37-15-16-45)11-8-14-38-31(35)36)40-26(48)19(2)42-30(52)23(10-5-7-13-33)44-27(49)20(3)41-28(50)21(34)9-4-6-12-32/h16,18-23H,4-15,17,32-34H2,1-3H3,(H,37,51)(H,39,47)(H,40,48)(H,41,50)(H,42,52)(H,43,46)(H,44,49)(H4,35,36,38)/t18-,19-,20-,21-,22-,23-/m0/s1. The van der Waals surface area contributed by atoms with Crippen LogP contribution in [0.1, 0.15) is 72.1 Å². The first-order valence-electron chi connectivity index (χ1n) is 17.3. The van der Waals surface area contributed by atoms with Crippen molar-refractivity contribution in [2.24, 2.45) is 33.7 Å². The average molecular weight is 742 g/mol. The Bertz CT molecular complexity index is 1220. The Morgan fingerprint density at radius 3 is 1.67 bits per heavy atom. The topological polar surface area (TPSA) is 363 Å². The molecule has 6 atom stereocenters. The van der Waals surface area contributed by atoms with Crippen LogP contribution in [0.4, 0.5) is 0 Å². The fourth-order valence-electron chi connectivity index (χ4n) is 4.47. The van der Waals surface area contributed by atoms with Crippen LogP contribution >= 0.6 is 0 Å². The lowest BCUT2D eigenvalue weighted by atomic mass is 10.1. The summed E-state index contributed by atoms with van der Waals surface area (Å²) in [6.07, 6.45) is 3.93. The molecule has 0 fully saturated rings. The minimum absolute atomic E-state index is 0.134. The first-order valence-corrected chi connectivity index (χ1v) is 17.3. The van der Waals surface area contributed by atoms with Gasteiger partial charge in [-0.1, -0.05) is 6.42 Å². The molecule has 7 amide bonds. The van der Waals surface area contributed by atoms with Gasteiger partial charge in [0.15, 0.2) is 5.96 Å². The Morgan fingerprint density at radius 1 is 0.596 bits per heavy atom. The molecule has 0 aliphatic heterocycles. The molecular weight excluding hydrogens is 682 g/mol. The van der Waals surface area contributed by atoms with Crippen LogP contribution in [0, 0.1) is 0 Å². The summed E-state index contributed by atoms with van der Waals surface area (Å²) in [5, 5.41) is 17.3. The van der Waals surface area contributed by atoms with Crippen LogP contribution in [0.25, 0.3) is 0 Å². The molecule has 0 unspecified atom stereocenters. The maximum absolute atomic E-state index is 13.2. The fraction of sp³-hybridized carbons (Fsp3) is 0.710.